The number of rotatable bonds is 6. The molecule has 0 bridgehead atoms. The summed E-state index contributed by atoms with van der Waals surface area (Å²) in [6.45, 7) is 2.94. The first-order chi connectivity index (χ1) is 14.2. The highest BCUT2D eigenvalue weighted by Gasteiger charge is 2.22. The second-order valence-electron chi connectivity index (χ2n) is 7.14. The highest BCUT2D eigenvalue weighted by Crippen LogP contribution is 2.24. The Morgan fingerprint density at radius 1 is 1.21 bits per heavy atom. The maximum atomic E-state index is 12.6. The second kappa shape index (κ2) is 9.15. The zero-order valence-corrected chi connectivity index (χ0v) is 17.2. The number of benzene rings is 1. The third-order valence-electron chi connectivity index (χ3n) is 5.10. The lowest BCUT2D eigenvalue weighted by Crippen LogP contribution is -2.44. The Bertz CT molecular complexity index is 935. The fraction of sp³-hybridized carbons (Fsp3) is 0.318. The Kier molecular flexibility index (Phi) is 6.17. The average Bonchev–Trinajstić information content (AvgIpc) is 3.26. The molecule has 4 rings (SSSR count). The molecule has 1 N–H and O–H groups in total. The summed E-state index contributed by atoms with van der Waals surface area (Å²) in [4.78, 5) is 23.7. The lowest BCUT2D eigenvalue weighted by atomic mass is 10.0. The van der Waals surface area contributed by atoms with Crippen LogP contribution < -0.4 is 10.1 Å². The Hall–Kier alpha value is -2.77. The summed E-state index contributed by atoms with van der Waals surface area (Å²) in [5, 5.41) is 5.73. The number of amides is 1. The van der Waals surface area contributed by atoms with Gasteiger partial charge in [0.2, 0.25) is 5.88 Å². The van der Waals surface area contributed by atoms with Crippen LogP contribution in [-0.4, -0.2) is 47.0 Å². The third kappa shape index (κ3) is 4.99. The molecule has 0 aliphatic carbocycles. The van der Waals surface area contributed by atoms with Gasteiger partial charge in [-0.25, -0.2) is 9.97 Å². The van der Waals surface area contributed by atoms with Gasteiger partial charge in [-0.1, -0.05) is 30.3 Å². The van der Waals surface area contributed by atoms with Crippen molar-refractivity contribution < 1.29 is 9.53 Å². The van der Waals surface area contributed by atoms with E-state index in [-0.39, 0.29) is 11.9 Å². The van der Waals surface area contributed by atoms with Crippen LogP contribution in [0, 0.1) is 0 Å². The normalized spacial score (nSPS) is 15.2. The van der Waals surface area contributed by atoms with Gasteiger partial charge in [-0.3, -0.25) is 9.69 Å². The average molecular weight is 409 g/mol. The molecule has 1 aromatic carbocycles. The number of nitrogens with one attached hydrogen (secondary N) is 1. The van der Waals surface area contributed by atoms with Gasteiger partial charge in [-0.15, -0.1) is 11.3 Å². The summed E-state index contributed by atoms with van der Waals surface area (Å²) >= 11 is 1.45. The molecule has 0 saturated carbocycles. The molecule has 29 heavy (non-hydrogen) atoms. The highest BCUT2D eigenvalue weighted by molar-refractivity contribution is 7.13. The van der Waals surface area contributed by atoms with E-state index in [1.807, 2.05) is 12.1 Å². The Morgan fingerprint density at radius 3 is 2.69 bits per heavy atom. The smallest absolute Gasteiger partial charge is 0.270 e. The first-order valence-corrected chi connectivity index (χ1v) is 10.6. The number of piperidine rings is 1. The first-order valence-electron chi connectivity index (χ1n) is 9.74. The van der Waals surface area contributed by atoms with Gasteiger partial charge in [0.05, 0.1) is 7.11 Å². The second-order valence-corrected chi connectivity index (χ2v) is 7.99. The standard InChI is InChI=1S/C22H24N4O2S/c1-28-20-8-7-17(13-23-20)22-25-19(15-29-22)21(27)24-18-9-11-26(12-10-18)14-16-5-3-2-4-6-16/h2-8,13,15,18H,9-12,14H2,1H3,(H,24,27). The van der Waals surface area contributed by atoms with Crippen molar-refractivity contribution in [3.63, 3.8) is 0 Å². The summed E-state index contributed by atoms with van der Waals surface area (Å²) in [5.41, 5.74) is 2.68. The number of nitrogens with zero attached hydrogens (tertiary/aromatic N) is 3. The lowest BCUT2D eigenvalue weighted by Gasteiger charge is -2.32. The number of likely N-dealkylation sites (tertiary alicyclic amines) is 1. The molecule has 3 aromatic rings. The molecule has 6 nitrogen and oxygen atoms in total. The number of thiazole rings is 1. The van der Waals surface area contributed by atoms with E-state index in [1.165, 1.54) is 16.9 Å². The van der Waals surface area contributed by atoms with Crippen molar-refractivity contribution in [3.05, 3.63) is 65.3 Å². The number of hydrogen-bond acceptors (Lipinski definition) is 6. The third-order valence-corrected chi connectivity index (χ3v) is 5.99. The van der Waals surface area contributed by atoms with Crippen molar-refractivity contribution in [1.82, 2.24) is 20.2 Å². The predicted molar refractivity (Wildman–Crippen MR) is 114 cm³/mol. The quantitative estimate of drug-likeness (QED) is 0.675. The van der Waals surface area contributed by atoms with E-state index in [0.717, 1.165) is 43.0 Å². The monoisotopic (exact) mass is 408 g/mol. The zero-order valence-electron chi connectivity index (χ0n) is 16.4. The molecular formula is C22H24N4O2S. The van der Waals surface area contributed by atoms with E-state index in [4.69, 9.17) is 4.74 Å². The van der Waals surface area contributed by atoms with Crippen molar-refractivity contribution in [2.75, 3.05) is 20.2 Å². The summed E-state index contributed by atoms with van der Waals surface area (Å²) in [7, 11) is 1.58. The van der Waals surface area contributed by atoms with Crippen LogP contribution in [0.1, 0.15) is 28.9 Å². The number of pyridine rings is 1. The van der Waals surface area contributed by atoms with Crippen molar-refractivity contribution in [1.29, 1.82) is 0 Å². The van der Waals surface area contributed by atoms with Crippen LogP contribution >= 0.6 is 11.3 Å². The van der Waals surface area contributed by atoms with E-state index in [0.29, 0.717) is 11.6 Å². The molecule has 7 heteroatoms. The largest absolute Gasteiger partial charge is 0.481 e. The maximum absolute atomic E-state index is 12.6. The Labute approximate surface area is 174 Å². The summed E-state index contributed by atoms with van der Waals surface area (Å²) < 4.78 is 5.08. The molecule has 3 heterocycles. The number of aromatic nitrogens is 2. The molecule has 1 fully saturated rings. The molecule has 1 saturated heterocycles. The summed E-state index contributed by atoms with van der Waals surface area (Å²) in [6.07, 6.45) is 3.62. The minimum absolute atomic E-state index is 0.101. The molecule has 1 aliphatic rings. The van der Waals surface area contributed by atoms with Gasteiger partial charge in [0.15, 0.2) is 0 Å². The summed E-state index contributed by atoms with van der Waals surface area (Å²) in [6, 6.07) is 14.4. The van der Waals surface area contributed by atoms with Crippen molar-refractivity contribution in [2.45, 2.75) is 25.4 Å². The SMILES string of the molecule is COc1ccc(-c2nc(C(=O)NC3CCN(Cc4ccccc4)CC3)cs2)cn1. The molecule has 0 spiro atoms. The Morgan fingerprint density at radius 2 is 2.00 bits per heavy atom. The van der Waals surface area contributed by atoms with E-state index in [9.17, 15) is 4.79 Å². The topological polar surface area (TPSA) is 67.3 Å². The van der Waals surface area contributed by atoms with Gasteiger partial charge in [-0.05, 0) is 24.5 Å². The number of ether oxygens (including phenoxy) is 1. The van der Waals surface area contributed by atoms with Crippen LogP contribution in [0.5, 0.6) is 5.88 Å². The van der Waals surface area contributed by atoms with Gasteiger partial charge in [0.1, 0.15) is 10.7 Å². The van der Waals surface area contributed by atoms with Gasteiger partial charge in [0.25, 0.3) is 5.91 Å². The fourth-order valence-corrected chi connectivity index (χ4v) is 4.27. The van der Waals surface area contributed by atoms with Gasteiger partial charge >= 0.3 is 0 Å². The predicted octanol–water partition coefficient (Wildman–Crippen LogP) is 3.61. The lowest BCUT2D eigenvalue weighted by molar-refractivity contribution is 0.0904. The van der Waals surface area contributed by atoms with E-state index >= 15 is 0 Å². The number of hydrogen-bond donors (Lipinski definition) is 1. The van der Waals surface area contributed by atoms with Gasteiger partial charge in [0, 0.05) is 48.9 Å². The molecular weight excluding hydrogens is 384 g/mol. The van der Waals surface area contributed by atoms with Crippen LogP contribution in [0.4, 0.5) is 0 Å². The molecule has 2 aromatic heterocycles. The molecule has 1 aliphatic heterocycles. The highest BCUT2D eigenvalue weighted by atomic mass is 32.1. The minimum Gasteiger partial charge on any atom is -0.481 e. The number of carbonyl (C=O) groups is 1. The number of carbonyl (C=O) groups excluding carboxylic acids is 1. The van der Waals surface area contributed by atoms with Crippen molar-refractivity contribution >= 4 is 17.2 Å². The van der Waals surface area contributed by atoms with E-state index in [2.05, 4.69) is 44.5 Å². The van der Waals surface area contributed by atoms with E-state index < -0.39 is 0 Å². The van der Waals surface area contributed by atoms with Crippen molar-refractivity contribution in [3.8, 4) is 16.5 Å². The van der Waals surface area contributed by atoms with E-state index in [1.54, 1.807) is 24.8 Å². The fourth-order valence-electron chi connectivity index (χ4n) is 3.47. The summed E-state index contributed by atoms with van der Waals surface area (Å²) in [5.74, 6) is 0.456. The zero-order chi connectivity index (χ0) is 20.1. The van der Waals surface area contributed by atoms with Crippen LogP contribution in [-0.2, 0) is 6.54 Å². The molecule has 150 valence electrons. The molecule has 0 radical (unpaired) electrons. The number of methoxy groups -OCH3 is 1. The molecule has 0 atom stereocenters. The van der Waals surface area contributed by atoms with Crippen LogP contribution in [0.2, 0.25) is 0 Å². The minimum atomic E-state index is -0.101. The Balaban J connectivity index is 1.29. The van der Waals surface area contributed by atoms with Crippen LogP contribution in [0.25, 0.3) is 10.6 Å². The van der Waals surface area contributed by atoms with Crippen LogP contribution in [0.15, 0.2) is 54.0 Å². The van der Waals surface area contributed by atoms with Crippen LogP contribution in [0.3, 0.4) is 0 Å². The molecule has 1 amide bonds. The maximum Gasteiger partial charge on any atom is 0.270 e. The van der Waals surface area contributed by atoms with Crippen molar-refractivity contribution in [2.24, 2.45) is 0 Å². The van der Waals surface area contributed by atoms with Gasteiger partial charge in [-0.2, -0.15) is 0 Å². The first kappa shape index (κ1) is 19.5. The molecule has 0 unspecified atom stereocenters. The van der Waals surface area contributed by atoms with Gasteiger partial charge < -0.3 is 10.1 Å².